The van der Waals surface area contributed by atoms with E-state index in [2.05, 4.69) is 17.4 Å². The number of hydrogen-bond acceptors (Lipinski definition) is 5. The van der Waals surface area contributed by atoms with E-state index < -0.39 is 10.9 Å². The zero-order valence-electron chi connectivity index (χ0n) is 12.7. The van der Waals surface area contributed by atoms with E-state index in [9.17, 15) is 0 Å². The average Bonchev–Trinajstić information content (AvgIpc) is 2.55. The van der Waals surface area contributed by atoms with Crippen LogP contribution < -0.4 is 5.32 Å². The van der Waals surface area contributed by atoms with Crippen molar-refractivity contribution in [3.05, 3.63) is 35.9 Å². The lowest BCUT2D eigenvalue weighted by Crippen LogP contribution is -2.22. The molecule has 7 heteroatoms. The molecule has 0 unspecified atom stereocenters. The van der Waals surface area contributed by atoms with E-state index in [0.717, 1.165) is 28.8 Å². The van der Waals surface area contributed by atoms with E-state index in [-0.39, 0.29) is 0 Å². The van der Waals surface area contributed by atoms with Gasteiger partial charge in [-0.05, 0) is 12.0 Å². The predicted molar refractivity (Wildman–Crippen MR) is 96.4 cm³/mol. The van der Waals surface area contributed by atoms with Crippen molar-refractivity contribution in [3.63, 3.8) is 0 Å². The molecule has 0 fully saturated rings. The Kier molecular flexibility index (Phi) is 9.30. The molecule has 1 aromatic carbocycles. The van der Waals surface area contributed by atoms with Crippen molar-refractivity contribution in [1.29, 1.82) is 0 Å². The molecule has 0 saturated carbocycles. The monoisotopic (exact) mass is 349 g/mol. The smallest absolute Gasteiger partial charge is 0.134 e. The predicted octanol–water partition coefficient (Wildman–Crippen LogP) is 3.67. The van der Waals surface area contributed by atoms with Gasteiger partial charge in [0.15, 0.2) is 0 Å². The molecule has 0 heterocycles. The van der Waals surface area contributed by atoms with Crippen molar-refractivity contribution in [2.75, 3.05) is 33.6 Å². The van der Waals surface area contributed by atoms with E-state index >= 15 is 0 Å². The van der Waals surface area contributed by atoms with Crippen LogP contribution in [0.5, 0.6) is 0 Å². The summed E-state index contributed by atoms with van der Waals surface area (Å²) < 4.78 is 16.8. The topological polar surface area (TPSA) is 39.7 Å². The molecule has 4 nitrogen and oxygen atoms in total. The summed E-state index contributed by atoms with van der Waals surface area (Å²) in [6, 6.07) is 10.3. The van der Waals surface area contributed by atoms with Crippen LogP contribution in [0.25, 0.3) is 0 Å². The molecule has 1 aromatic rings. The zero-order valence-corrected chi connectivity index (χ0v) is 15.1. The van der Waals surface area contributed by atoms with Gasteiger partial charge >= 0.3 is 0 Å². The van der Waals surface area contributed by atoms with Crippen LogP contribution in [-0.4, -0.2) is 37.9 Å². The lowest BCUT2D eigenvalue weighted by atomic mass is 10.2. The van der Waals surface area contributed by atoms with Crippen LogP contribution in [0, 0.1) is 0 Å². The normalized spacial score (nSPS) is 12.1. The van der Waals surface area contributed by atoms with Crippen LogP contribution in [0.1, 0.15) is 12.0 Å². The minimum absolute atomic E-state index is 0.718. The Morgan fingerprint density at radius 1 is 1.14 bits per heavy atom. The maximum atomic E-state index is 5.32. The van der Waals surface area contributed by atoms with Crippen LogP contribution >= 0.6 is 34.9 Å². The van der Waals surface area contributed by atoms with E-state index in [0.29, 0.717) is 0 Å². The first-order valence-corrected chi connectivity index (χ1v) is 9.55. The molecular formula is C14H23NO3S3. The molecule has 0 spiro atoms. The first-order chi connectivity index (χ1) is 10.2. The van der Waals surface area contributed by atoms with Gasteiger partial charge in [-0.2, -0.15) is 0 Å². The molecule has 0 radical (unpaired) electrons. The van der Waals surface area contributed by atoms with Crippen LogP contribution in [-0.2, 0) is 18.3 Å². The van der Waals surface area contributed by atoms with Crippen LogP contribution in [0.15, 0.2) is 30.3 Å². The maximum Gasteiger partial charge on any atom is 0.134 e. The summed E-state index contributed by atoms with van der Waals surface area (Å²) in [7, 11) is 2.97. The summed E-state index contributed by atoms with van der Waals surface area (Å²) in [5.41, 5.74) is 1.27. The fourth-order valence-corrected chi connectivity index (χ4v) is 4.05. The van der Waals surface area contributed by atoms with Gasteiger partial charge in [-0.15, -0.1) is 0 Å². The van der Waals surface area contributed by atoms with E-state index in [1.807, 2.05) is 18.2 Å². The minimum Gasteiger partial charge on any atom is -0.371 e. The highest BCUT2D eigenvalue weighted by atomic mass is 32.3. The number of hydrogen-bond donors (Lipinski definition) is 1. The van der Waals surface area contributed by atoms with Gasteiger partial charge < -0.3 is 5.32 Å². The summed E-state index contributed by atoms with van der Waals surface area (Å²) in [6.45, 7) is 0.783. The Labute approximate surface area is 138 Å². The second kappa shape index (κ2) is 10.4. The average molecular weight is 350 g/mol. The Hall–Kier alpha value is -0.310. The lowest BCUT2D eigenvalue weighted by Gasteiger charge is -2.33. The van der Waals surface area contributed by atoms with Crippen molar-refractivity contribution < 1.29 is 12.5 Å². The molecule has 0 bridgehead atoms. The Morgan fingerprint density at radius 2 is 1.76 bits per heavy atom. The van der Waals surface area contributed by atoms with Gasteiger partial charge in [-0.1, -0.05) is 54.3 Å². The largest absolute Gasteiger partial charge is 0.371 e. The SMILES string of the molecule is COS(CCCNC(=S)SCc1ccccc1)(OC)OC. The molecule has 0 amide bonds. The molecule has 21 heavy (non-hydrogen) atoms. The second-order valence-electron chi connectivity index (χ2n) is 4.10. The van der Waals surface area contributed by atoms with Gasteiger partial charge in [0.05, 0.1) is 32.2 Å². The van der Waals surface area contributed by atoms with Gasteiger partial charge in [0, 0.05) is 18.1 Å². The first-order valence-electron chi connectivity index (χ1n) is 6.58. The summed E-state index contributed by atoms with van der Waals surface area (Å²) in [5.74, 6) is 1.60. The van der Waals surface area contributed by atoms with Crippen molar-refractivity contribution in [2.45, 2.75) is 12.2 Å². The van der Waals surface area contributed by atoms with Crippen LogP contribution in [0.2, 0.25) is 0 Å². The molecule has 0 atom stereocenters. The van der Waals surface area contributed by atoms with Crippen LogP contribution in [0.4, 0.5) is 0 Å². The quantitative estimate of drug-likeness (QED) is 0.542. The molecule has 0 aliphatic heterocycles. The minimum atomic E-state index is -1.85. The van der Waals surface area contributed by atoms with E-state index in [1.54, 1.807) is 33.1 Å². The van der Waals surface area contributed by atoms with Crippen molar-refractivity contribution in [2.24, 2.45) is 0 Å². The van der Waals surface area contributed by atoms with Gasteiger partial charge in [0.25, 0.3) is 0 Å². The fraction of sp³-hybridized carbons (Fsp3) is 0.500. The summed E-state index contributed by atoms with van der Waals surface area (Å²) in [6.07, 6.45) is 0.872. The van der Waals surface area contributed by atoms with Crippen molar-refractivity contribution in [3.8, 4) is 0 Å². The highest BCUT2D eigenvalue weighted by Crippen LogP contribution is 2.49. The second-order valence-corrected chi connectivity index (χ2v) is 8.28. The fourth-order valence-electron chi connectivity index (χ4n) is 1.67. The number of rotatable bonds is 9. The summed E-state index contributed by atoms with van der Waals surface area (Å²) in [4.78, 5) is 0. The highest BCUT2D eigenvalue weighted by Gasteiger charge is 2.21. The van der Waals surface area contributed by atoms with E-state index in [1.165, 1.54) is 5.56 Å². The molecule has 1 rings (SSSR count). The van der Waals surface area contributed by atoms with E-state index in [4.69, 9.17) is 24.8 Å². The van der Waals surface area contributed by atoms with Gasteiger partial charge in [-0.3, -0.25) is 12.5 Å². The number of thioether (sulfide) groups is 1. The third-order valence-electron chi connectivity index (χ3n) is 2.82. The summed E-state index contributed by atoms with van der Waals surface area (Å²) in [5, 5.41) is 3.24. The maximum absolute atomic E-state index is 5.32. The summed E-state index contributed by atoms with van der Waals surface area (Å²) >= 11 is 6.95. The molecule has 0 aliphatic rings. The third kappa shape index (κ3) is 6.99. The third-order valence-corrected chi connectivity index (χ3v) is 6.51. The number of thiocarbonyl (C=S) groups is 1. The van der Waals surface area contributed by atoms with Gasteiger partial charge in [0.2, 0.25) is 0 Å². The van der Waals surface area contributed by atoms with Crippen molar-refractivity contribution in [1.82, 2.24) is 5.32 Å². The Balaban J connectivity index is 2.19. The Morgan fingerprint density at radius 3 is 2.33 bits per heavy atom. The molecule has 1 N–H and O–H groups in total. The molecular weight excluding hydrogens is 326 g/mol. The zero-order chi connectivity index (χ0) is 15.6. The molecule has 0 aromatic heterocycles. The first kappa shape index (κ1) is 18.7. The highest BCUT2D eigenvalue weighted by molar-refractivity contribution is 8.22. The molecule has 0 aliphatic carbocycles. The standard InChI is InChI=1S/C14H23NO3S3/c1-16-21(17-2,18-3)11-7-10-15-14(19)20-12-13-8-5-4-6-9-13/h4-6,8-9H,7,10-12H2,1-3H3,(H,15,19). The lowest BCUT2D eigenvalue weighted by molar-refractivity contribution is 0.248. The number of nitrogens with one attached hydrogen (secondary N) is 1. The van der Waals surface area contributed by atoms with Gasteiger partial charge in [-0.25, -0.2) is 0 Å². The molecule has 120 valence electrons. The van der Waals surface area contributed by atoms with Crippen LogP contribution in [0.3, 0.4) is 0 Å². The number of benzene rings is 1. The van der Waals surface area contributed by atoms with Crippen molar-refractivity contribution >= 4 is 39.2 Å². The Bertz CT molecular complexity index is 405. The molecule has 0 saturated heterocycles. The van der Waals surface area contributed by atoms with Gasteiger partial charge in [0.1, 0.15) is 4.32 Å².